The smallest absolute Gasteiger partial charge is 0.253 e. The van der Waals surface area contributed by atoms with E-state index in [1.165, 1.54) is 0 Å². The van der Waals surface area contributed by atoms with Crippen LogP contribution in [0.15, 0.2) is 28.8 Å². The number of nitrogens with zero attached hydrogens (tertiary/aromatic N) is 3. The quantitative estimate of drug-likeness (QED) is 0.829. The van der Waals surface area contributed by atoms with Crippen LogP contribution in [-0.2, 0) is 6.42 Å². The third-order valence-corrected chi connectivity index (χ3v) is 2.57. The molecule has 1 heterocycles. The average molecular weight is 245 g/mol. The number of benzene rings is 1. The molecule has 5 nitrogen and oxygen atoms in total. The van der Waals surface area contributed by atoms with Crippen molar-refractivity contribution in [1.29, 1.82) is 0 Å². The van der Waals surface area contributed by atoms with Gasteiger partial charge in [-0.15, -0.1) is 0 Å². The Hall–Kier alpha value is -2.17. The lowest BCUT2D eigenvalue weighted by Gasteiger charge is -2.09. The zero-order valence-corrected chi connectivity index (χ0v) is 10.7. The summed E-state index contributed by atoms with van der Waals surface area (Å²) in [5.74, 6) is 1.14. The van der Waals surface area contributed by atoms with Gasteiger partial charge in [0.25, 0.3) is 5.91 Å². The Morgan fingerprint density at radius 1 is 1.28 bits per heavy atom. The molecule has 0 aliphatic carbocycles. The van der Waals surface area contributed by atoms with E-state index < -0.39 is 0 Å². The predicted molar refractivity (Wildman–Crippen MR) is 67.1 cm³/mol. The molecule has 94 valence electrons. The van der Waals surface area contributed by atoms with Gasteiger partial charge in [-0.3, -0.25) is 4.79 Å². The van der Waals surface area contributed by atoms with Crippen molar-refractivity contribution in [3.63, 3.8) is 0 Å². The van der Waals surface area contributed by atoms with Crippen molar-refractivity contribution >= 4 is 5.91 Å². The van der Waals surface area contributed by atoms with Gasteiger partial charge in [0.15, 0.2) is 0 Å². The molecule has 0 spiro atoms. The van der Waals surface area contributed by atoms with E-state index in [1.807, 2.05) is 19.1 Å². The zero-order chi connectivity index (χ0) is 13.1. The first kappa shape index (κ1) is 12.3. The normalized spacial score (nSPS) is 10.4. The third-order valence-electron chi connectivity index (χ3n) is 2.57. The molecule has 0 unspecified atom stereocenters. The fourth-order valence-corrected chi connectivity index (χ4v) is 1.54. The molecule has 5 heteroatoms. The molecule has 0 atom stereocenters. The van der Waals surface area contributed by atoms with Gasteiger partial charge in [0.1, 0.15) is 0 Å². The molecule has 0 radical (unpaired) electrons. The van der Waals surface area contributed by atoms with Gasteiger partial charge >= 0.3 is 0 Å². The molecule has 0 fully saturated rings. The van der Waals surface area contributed by atoms with Gasteiger partial charge in [-0.05, 0) is 12.1 Å². The molecule has 1 amide bonds. The second-order valence-electron chi connectivity index (χ2n) is 4.14. The Morgan fingerprint density at radius 3 is 2.44 bits per heavy atom. The topological polar surface area (TPSA) is 59.2 Å². The minimum atomic E-state index is -0.0242. The third kappa shape index (κ3) is 2.40. The molecule has 1 aromatic heterocycles. The number of hydrogen-bond acceptors (Lipinski definition) is 4. The molecule has 0 aliphatic heterocycles. The van der Waals surface area contributed by atoms with Crippen LogP contribution in [0.25, 0.3) is 11.4 Å². The highest BCUT2D eigenvalue weighted by Crippen LogP contribution is 2.17. The van der Waals surface area contributed by atoms with E-state index in [4.69, 9.17) is 4.52 Å². The van der Waals surface area contributed by atoms with Gasteiger partial charge in [0, 0.05) is 31.6 Å². The second-order valence-corrected chi connectivity index (χ2v) is 4.14. The van der Waals surface area contributed by atoms with Crippen molar-refractivity contribution in [3.05, 3.63) is 35.7 Å². The lowest BCUT2D eigenvalue weighted by Crippen LogP contribution is -2.21. The summed E-state index contributed by atoms with van der Waals surface area (Å²) in [4.78, 5) is 17.5. The van der Waals surface area contributed by atoms with Crippen LogP contribution >= 0.6 is 0 Å². The number of carbonyl (C=O) groups is 1. The molecular formula is C13H15N3O2. The van der Waals surface area contributed by atoms with Crippen molar-refractivity contribution < 1.29 is 9.32 Å². The molecule has 0 aliphatic rings. The molecule has 0 N–H and O–H groups in total. The van der Waals surface area contributed by atoms with Crippen LogP contribution in [0.5, 0.6) is 0 Å². The van der Waals surface area contributed by atoms with Crippen LogP contribution in [0.3, 0.4) is 0 Å². The van der Waals surface area contributed by atoms with E-state index >= 15 is 0 Å². The van der Waals surface area contributed by atoms with Crippen LogP contribution in [-0.4, -0.2) is 35.0 Å². The fraction of sp³-hybridized carbons (Fsp3) is 0.308. The van der Waals surface area contributed by atoms with Crippen molar-refractivity contribution in [2.45, 2.75) is 13.3 Å². The number of aryl methyl sites for hydroxylation is 1. The summed E-state index contributed by atoms with van der Waals surface area (Å²) in [7, 11) is 3.45. The Balaban J connectivity index is 2.24. The van der Waals surface area contributed by atoms with E-state index in [0.717, 1.165) is 5.56 Å². The number of rotatable bonds is 3. The summed E-state index contributed by atoms with van der Waals surface area (Å²) in [5, 5.41) is 3.89. The minimum absolute atomic E-state index is 0.0242. The molecule has 2 rings (SSSR count). The van der Waals surface area contributed by atoms with Gasteiger partial charge in [-0.25, -0.2) is 0 Å². The first-order valence-electron chi connectivity index (χ1n) is 5.76. The Morgan fingerprint density at radius 2 is 1.94 bits per heavy atom. The number of carbonyl (C=O) groups excluding carboxylic acids is 1. The van der Waals surface area contributed by atoms with Gasteiger partial charge in [-0.1, -0.05) is 24.2 Å². The summed E-state index contributed by atoms with van der Waals surface area (Å²) in [5.41, 5.74) is 1.48. The van der Waals surface area contributed by atoms with Gasteiger partial charge in [0.2, 0.25) is 11.7 Å². The summed E-state index contributed by atoms with van der Waals surface area (Å²) in [6.45, 7) is 1.95. The maximum atomic E-state index is 11.7. The van der Waals surface area contributed by atoms with Crippen molar-refractivity contribution in [2.24, 2.45) is 0 Å². The lowest BCUT2D eigenvalue weighted by molar-refractivity contribution is 0.0827. The summed E-state index contributed by atoms with van der Waals surface area (Å²) in [6, 6.07) is 7.17. The van der Waals surface area contributed by atoms with E-state index in [2.05, 4.69) is 10.1 Å². The lowest BCUT2D eigenvalue weighted by atomic mass is 10.1. The zero-order valence-electron chi connectivity index (χ0n) is 10.7. The maximum absolute atomic E-state index is 11.7. The van der Waals surface area contributed by atoms with E-state index in [9.17, 15) is 4.79 Å². The highest BCUT2D eigenvalue weighted by molar-refractivity contribution is 5.94. The number of aromatic nitrogens is 2. The standard InChI is InChI=1S/C13H15N3O2/c1-4-11-14-12(15-18-11)9-5-7-10(8-6-9)13(17)16(2)3/h5-8H,4H2,1-3H3. The molecule has 1 aromatic carbocycles. The highest BCUT2D eigenvalue weighted by atomic mass is 16.5. The van der Waals surface area contributed by atoms with Gasteiger partial charge < -0.3 is 9.42 Å². The summed E-state index contributed by atoms with van der Waals surface area (Å²) < 4.78 is 5.05. The molecule has 18 heavy (non-hydrogen) atoms. The first-order chi connectivity index (χ1) is 8.61. The monoisotopic (exact) mass is 245 g/mol. The van der Waals surface area contributed by atoms with Crippen molar-refractivity contribution in [3.8, 4) is 11.4 Å². The molecule has 0 saturated heterocycles. The second kappa shape index (κ2) is 5.00. The average Bonchev–Trinajstić information content (AvgIpc) is 2.86. The maximum Gasteiger partial charge on any atom is 0.253 e. The number of amides is 1. The minimum Gasteiger partial charge on any atom is -0.345 e. The van der Waals surface area contributed by atoms with Crippen LogP contribution in [0.4, 0.5) is 0 Å². The summed E-state index contributed by atoms with van der Waals surface area (Å²) >= 11 is 0. The number of hydrogen-bond donors (Lipinski definition) is 0. The molecular weight excluding hydrogens is 230 g/mol. The fourth-order valence-electron chi connectivity index (χ4n) is 1.54. The highest BCUT2D eigenvalue weighted by Gasteiger charge is 2.10. The summed E-state index contributed by atoms with van der Waals surface area (Å²) in [6.07, 6.45) is 0.712. The Bertz CT molecular complexity index is 544. The molecule has 0 bridgehead atoms. The van der Waals surface area contributed by atoms with Gasteiger partial charge in [-0.2, -0.15) is 4.98 Å². The van der Waals surface area contributed by atoms with Gasteiger partial charge in [0.05, 0.1) is 0 Å². The largest absolute Gasteiger partial charge is 0.345 e. The molecule has 2 aromatic rings. The molecule has 0 saturated carbocycles. The van der Waals surface area contributed by atoms with Crippen LogP contribution in [0.2, 0.25) is 0 Å². The first-order valence-corrected chi connectivity index (χ1v) is 5.76. The van der Waals surface area contributed by atoms with E-state index in [-0.39, 0.29) is 5.91 Å². The SMILES string of the molecule is CCc1nc(-c2ccc(C(=O)N(C)C)cc2)no1. The Kier molecular flexibility index (Phi) is 3.41. The van der Waals surface area contributed by atoms with E-state index in [1.54, 1.807) is 31.1 Å². The predicted octanol–water partition coefficient (Wildman–Crippen LogP) is 2.00. The van der Waals surface area contributed by atoms with Crippen molar-refractivity contribution in [1.82, 2.24) is 15.0 Å². The van der Waals surface area contributed by atoms with Crippen LogP contribution in [0.1, 0.15) is 23.2 Å². The van der Waals surface area contributed by atoms with E-state index in [0.29, 0.717) is 23.7 Å². The van der Waals surface area contributed by atoms with Crippen molar-refractivity contribution in [2.75, 3.05) is 14.1 Å². The van der Waals surface area contributed by atoms with Crippen LogP contribution < -0.4 is 0 Å². The van der Waals surface area contributed by atoms with Crippen LogP contribution in [0, 0.1) is 0 Å². The Labute approximate surface area is 105 Å².